The predicted octanol–water partition coefficient (Wildman–Crippen LogP) is 2.73. The fourth-order valence-electron chi connectivity index (χ4n) is 0.645. The van der Waals surface area contributed by atoms with Gasteiger partial charge in [0.1, 0.15) is 5.00 Å². The third-order valence-electron chi connectivity index (χ3n) is 1.10. The lowest BCUT2D eigenvalue weighted by Crippen LogP contribution is -2.02. The van der Waals surface area contributed by atoms with Crippen LogP contribution < -0.4 is 0 Å². The maximum Gasteiger partial charge on any atom is 0.419 e. The van der Waals surface area contributed by atoms with Crippen molar-refractivity contribution in [1.82, 2.24) is 0 Å². The van der Waals surface area contributed by atoms with Gasteiger partial charge in [0.15, 0.2) is 0 Å². The lowest BCUT2D eigenvalue weighted by atomic mass is 10.3. The number of thiophene rings is 1. The Labute approximate surface area is 69.4 Å². The maximum atomic E-state index is 12.0. The lowest BCUT2D eigenvalue weighted by Gasteiger charge is -2.02. The number of carbonyl (C=O) groups excluding carboxylic acids is 1. The van der Waals surface area contributed by atoms with Gasteiger partial charge in [0.05, 0.1) is 5.56 Å². The summed E-state index contributed by atoms with van der Waals surface area (Å²) in [4.78, 5) is 12.6. The van der Waals surface area contributed by atoms with Gasteiger partial charge in [-0.25, -0.2) is 4.79 Å². The molecule has 0 N–H and O–H groups in total. The average Bonchev–Trinajstić information content (AvgIpc) is 2.34. The fourth-order valence-corrected chi connectivity index (χ4v) is 1.38. The molecule has 0 aromatic carbocycles. The normalized spacial score (nSPS) is 10.9. The summed E-state index contributed by atoms with van der Waals surface area (Å²) in [7, 11) is 0. The van der Waals surface area contributed by atoms with Crippen molar-refractivity contribution >= 4 is 22.4 Å². The van der Waals surface area contributed by atoms with Crippen molar-refractivity contribution in [2.24, 2.45) is 4.99 Å². The quantitative estimate of drug-likeness (QED) is 0.498. The molecule has 1 aromatic heterocycles. The number of isocyanates is 1. The van der Waals surface area contributed by atoms with Crippen LogP contribution in [0, 0.1) is 0 Å². The molecule has 2 nitrogen and oxygen atoms in total. The summed E-state index contributed by atoms with van der Waals surface area (Å²) in [5.41, 5.74) is -0.893. The Hall–Kier alpha value is -1.13. The monoisotopic (exact) mass is 193 g/mol. The Morgan fingerprint density at radius 1 is 1.50 bits per heavy atom. The van der Waals surface area contributed by atoms with Crippen LogP contribution in [-0.2, 0) is 11.0 Å². The van der Waals surface area contributed by atoms with E-state index in [1.165, 1.54) is 5.38 Å². The van der Waals surface area contributed by atoms with Crippen molar-refractivity contribution in [3.63, 3.8) is 0 Å². The van der Waals surface area contributed by atoms with E-state index in [1.807, 2.05) is 0 Å². The SMILES string of the molecule is O=C=Nc1sccc1C(F)(F)F. The van der Waals surface area contributed by atoms with Crippen molar-refractivity contribution < 1.29 is 18.0 Å². The number of halogens is 3. The van der Waals surface area contributed by atoms with Gasteiger partial charge in [-0.05, 0) is 11.4 Å². The zero-order valence-electron chi connectivity index (χ0n) is 5.55. The van der Waals surface area contributed by atoms with Gasteiger partial charge in [0, 0.05) is 0 Å². The zero-order chi connectivity index (χ0) is 9.19. The first-order chi connectivity index (χ1) is 5.55. The molecule has 0 aliphatic carbocycles. The minimum absolute atomic E-state index is 0.350. The van der Waals surface area contributed by atoms with E-state index < -0.39 is 11.7 Å². The van der Waals surface area contributed by atoms with E-state index in [-0.39, 0.29) is 5.00 Å². The Morgan fingerprint density at radius 2 is 2.17 bits per heavy atom. The van der Waals surface area contributed by atoms with E-state index >= 15 is 0 Å². The zero-order valence-corrected chi connectivity index (χ0v) is 6.37. The van der Waals surface area contributed by atoms with Crippen LogP contribution in [0.4, 0.5) is 18.2 Å². The van der Waals surface area contributed by atoms with Crippen molar-refractivity contribution in [2.75, 3.05) is 0 Å². The molecule has 0 saturated heterocycles. The van der Waals surface area contributed by atoms with Crippen LogP contribution in [0.5, 0.6) is 0 Å². The summed E-state index contributed by atoms with van der Waals surface area (Å²) < 4.78 is 36.1. The topological polar surface area (TPSA) is 29.4 Å². The fraction of sp³-hybridized carbons (Fsp3) is 0.167. The second-order valence-corrected chi connectivity index (χ2v) is 2.73. The summed E-state index contributed by atoms with van der Waals surface area (Å²) in [5.74, 6) is 0. The molecule has 0 aliphatic rings. The second-order valence-electron chi connectivity index (χ2n) is 1.84. The van der Waals surface area contributed by atoms with Crippen LogP contribution in [0.15, 0.2) is 16.4 Å². The van der Waals surface area contributed by atoms with E-state index in [0.29, 0.717) is 0 Å². The highest BCUT2D eigenvalue weighted by Crippen LogP contribution is 2.39. The second kappa shape index (κ2) is 3.08. The Morgan fingerprint density at radius 3 is 2.67 bits per heavy atom. The van der Waals surface area contributed by atoms with Crippen molar-refractivity contribution in [3.05, 3.63) is 17.0 Å². The van der Waals surface area contributed by atoms with Gasteiger partial charge in [0.2, 0.25) is 6.08 Å². The number of rotatable bonds is 1. The minimum Gasteiger partial charge on any atom is -0.211 e. The summed E-state index contributed by atoms with van der Waals surface area (Å²) in [6.45, 7) is 0. The molecule has 0 aliphatic heterocycles. The van der Waals surface area contributed by atoms with Crippen LogP contribution >= 0.6 is 11.3 Å². The van der Waals surface area contributed by atoms with Crippen molar-refractivity contribution in [3.8, 4) is 0 Å². The highest BCUT2D eigenvalue weighted by molar-refractivity contribution is 7.14. The van der Waals surface area contributed by atoms with E-state index in [0.717, 1.165) is 23.5 Å². The largest absolute Gasteiger partial charge is 0.419 e. The molecule has 6 heteroatoms. The molecule has 0 amide bonds. The number of aliphatic imine (C=N–C) groups is 1. The number of hydrogen-bond donors (Lipinski definition) is 0. The van der Waals surface area contributed by atoms with E-state index in [1.54, 1.807) is 0 Å². The van der Waals surface area contributed by atoms with E-state index in [9.17, 15) is 18.0 Å². The van der Waals surface area contributed by atoms with Crippen LogP contribution in [0.25, 0.3) is 0 Å². The molecule has 1 aromatic rings. The molecule has 0 spiro atoms. The summed E-state index contributed by atoms with van der Waals surface area (Å²) >= 11 is 0.752. The Kier molecular flexibility index (Phi) is 2.30. The van der Waals surface area contributed by atoms with Crippen LogP contribution in [0.1, 0.15) is 5.56 Å². The first-order valence-electron chi connectivity index (χ1n) is 2.78. The smallest absolute Gasteiger partial charge is 0.211 e. The molecule has 0 bridgehead atoms. The molecule has 0 fully saturated rings. The molecule has 0 unspecified atom stereocenters. The summed E-state index contributed by atoms with van der Waals surface area (Å²) in [6, 6.07) is 0.876. The molecular formula is C6H2F3NOS. The van der Waals surface area contributed by atoms with Crippen LogP contribution in [-0.4, -0.2) is 6.08 Å². The highest BCUT2D eigenvalue weighted by atomic mass is 32.1. The van der Waals surface area contributed by atoms with E-state index in [4.69, 9.17) is 0 Å². The molecule has 0 radical (unpaired) electrons. The van der Waals surface area contributed by atoms with Gasteiger partial charge < -0.3 is 0 Å². The molecule has 12 heavy (non-hydrogen) atoms. The third kappa shape index (κ3) is 1.72. The number of nitrogens with zero attached hydrogens (tertiary/aromatic N) is 1. The minimum atomic E-state index is -4.45. The van der Waals surface area contributed by atoms with Crippen molar-refractivity contribution in [2.45, 2.75) is 6.18 Å². The molecule has 1 rings (SSSR count). The first kappa shape index (κ1) is 8.96. The molecule has 64 valence electrons. The lowest BCUT2D eigenvalue weighted by molar-refractivity contribution is -0.136. The summed E-state index contributed by atoms with van der Waals surface area (Å²) in [6.07, 6.45) is -3.38. The predicted molar refractivity (Wildman–Crippen MR) is 37.1 cm³/mol. The Balaban J connectivity index is 3.16. The van der Waals surface area contributed by atoms with Crippen molar-refractivity contribution in [1.29, 1.82) is 0 Å². The third-order valence-corrected chi connectivity index (χ3v) is 1.90. The Bertz CT molecular complexity index is 324. The molecule has 0 saturated carbocycles. The van der Waals surface area contributed by atoms with Crippen LogP contribution in [0.2, 0.25) is 0 Å². The van der Waals surface area contributed by atoms with E-state index in [2.05, 4.69) is 4.99 Å². The van der Waals surface area contributed by atoms with Crippen LogP contribution in [0.3, 0.4) is 0 Å². The molecular weight excluding hydrogens is 191 g/mol. The maximum absolute atomic E-state index is 12.0. The highest BCUT2D eigenvalue weighted by Gasteiger charge is 2.34. The average molecular weight is 193 g/mol. The van der Waals surface area contributed by atoms with Gasteiger partial charge in [-0.1, -0.05) is 0 Å². The van der Waals surface area contributed by atoms with Gasteiger partial charge >= 0.3 is 6.18 Å². The first-order valence-corrected chi connectivity index (χ1v) is 3.66. The standard InChI is InChI=1S/C6H2F3NOS/c7-6(8,9)4-1-2-12-5(4)10-3-11/h1-2H. The molecule has 0 atom stereocenters. The van der Waals surface area contributed by atoms with Gasteiger partial charge in [-0.15, -0.1) is 11.3 Å². The number of hydrogen-bond acceptors (Lipinski definition) is 3. The number of alkyl halides is 3. The van der Waals surface area contributed by atoms with Gasteiger partial charge in [0.25, 0.3) is 0 Å². The van der Waals surface area contributed by atoms with Gasteiger partial charge in [-0.3, -0.25) is 0 Å². The molecule has 1 heterocycles. The summed E-state index contributed by atoms with van der Waals surface area (Å²) in [5, 5.41) is 0.872. The van der Waals surface area contributed by atoms with Gasteiger partial charge in [-0.2, -0.15) is 18.2 Å².